The Kier molecular flexibility index (Phi) is 3.51. The minimum absolute atomic E-state index is 0.162. The van der Waals surface area contributed by atoms with Gasteiger partial charge in [0.05, 0.1) is 23.6 Å². The van der Waals surface area contributed by atoms with Crippen LogP contribution in [0.15, 0.2) is 58.5 Å². The summed E-state index contributed by atoms with van der Waals surface area (Å²) in [5, 5.41) is 4.02. The van der Waals surface area contributed by atoms with Gasteiger partial charge in [0, 0.05) is 0 Å². The maximum atomic E-state index is 11.9. The summed E-state index contributed by atoms with van der Waals surface area (Å²) in [6.07, 6.45) is 3.21. The van der Waals surface area contributed by atoms with E-state index in [9.17, 15) is 4.79 Å². The average molecular weight is 282 g/mol. The first kappa shape index (κ1) is 13.1. The molecule has 0 aliphatic heterocycles. The predicted molar refractivity (Wildman–Crippen MR) is 78.8 cm³/mol. The van der Waals surface area contributed by atoms with Crippen LogP contribution in [0, 0.1) is 0 Å². The molecule has 3 aromatic rings. The zero-order valence-corrected chi connectivity index (χ0v) is 11.5. The van der Waals surface area contributed by atoms with Gasteiger partial charge in [0.1, 0.15) is 18.0 Å². The number of hydrogen-bond acceptors (Lipinski definition) is 4. The number of imidazole rings is 1. The van der Waals surface area contributed by atoms with Crippen molar-refractivity contribution in [1.82, 2.24) is 15.0 Å². The van der Waals surface area contributed by atoms with Gasteiger partial charge in [0.25, 0.3) is 5.91 Å². The summed E-state index contributed by atoms with van der Waals surface area (Å²) >= 11 is 0. The van der Waals surface area contributed by atoms with Crippen molar-refractivity contribution in [3.05, 3.63) is 54.7 Å². The molecule has 1 N–H and O–H groups in total. The quantitative estimate of drug-likeness (QED) is 0.589. The number of nitrogens with zero attached hydrogens (tertiary/aromatic N) is 3. The van der Waals surface area contributed by atoms with Gasteiger partial charge in [-0.05, 0) is 31.2 Å². The van der Waals surface area contributed by atoms with Crippen molar-refractivity contribution in [1.29, 1.82) is 0 Å². The van der Waals surface area contributed by atoms with Crippen molar-refractivity contribution < 1.29 is 9.21 Å². The SMILES string of the molecule is C/C(=N\NC(=O)Cn1cnc2ccccc21)c1ccco1. The highest BCUT2D eigenvalue weighted by molar-refractivity contribution is 5.96. The highest BCUT2D eigenvalue weighted by Gasteiger charge is 2.07. The summed E-state index contributed by atoms with van der Waals surface area (Å²) in [6, 6.07) is 11.2. The third-order valence-corrected chi connectivity index (χ3v) is 3.07. The minimum atomic E-state index is -0.218. The van der Waals surface area contributed by atoms with E-state index in [-0.39, 0.29) is 12.5 Å². The number of para-hydroxylation sites is 2. The topological polar surface area (TPSA) is 72.4 Å². The van der Waals surface area contributed by atoms with Crippen LogP contribution in [0.2, 0.25) is 0 Å². The molecule has 3 rings (SSSR count). The van der Waals surface area contributed by atoms with Gasteiger partial charge in [-0.3, -0.25) is 4.79 Å². The first-order valence-electron chi connectivity index (χ1n) is 6.51. The Morgan fingerprint density at radius 2 is 2.19 bits per heavy atom. The second kappa shape index (κ2) is 5.62. The molecule has 0 aliphatic rings. The summed E-state index contributed by atoms with van der Waals surface area (Å²) in [7, 11) is 0. The summed E-state index contributed by atoms with van der Waals surface area (Å²) < 4.78 is 6.97. The molecule has 0 spiro atoms. The fourth-order valence-corrected chi connectivity index (χ4v) is 2.01. The molecule has 6 nitrogen and oxygen atoms in total. The molecule has 106 valence electrons. The molecule has 0 radical (unpaired) electrons. The molecular weight excluding hydrogens is 268 g/mol. The number of amides is 1. The van der Waals surface area contributed by atoms with E-state index in [1.165, 1.54) is 0 Å². The largest absolute Gasteiger partial charge is 0.463 e. The van der Waals surface area contributed by atoms with Crippen molar-refractivity contribution in [2.75, 3.05) is 0 Å². The van der Waals surface area contributed by atoms with Crippen LogP contribution in [0.4, 0.5) is 0 Å². The maximum absolute atomic E-state index is 11.9. The van der Waals surface area contributed by atoms with Crippen molar-refractivity contribution in [2.45, 2.75) is 13.5 Å². The number of benzene rings is 1. The van der Waals surface area contributed by atoms with Crippen LogP contribution in [0.5, 0.6) is 0 Å². The molecule has 6 heteroatoms. The van der Waals surface area contributed by atoms with Gasteiger partial charge in [-0.15, -0.1) is 0 Å². The highest BCUT2D eigenvalue weighted by atomic mass is 16.3. The molecule has 1 aromatic carbocycles. The molecule has 0 saturated heterocycles. The number of fused-ring (bicyclic) bond motifs is 1. The lowest BCUT2D eigenvalue weighted by Crippen LogP contribution is -2.23. The predicted octanol–water partition coefficient (Wildman–Crippen LogP) is 2.17. The van der Waals surface area contributed by atoms with Gasteiger partial charge >= 0.3 is 0 Å². The molecule has 0 atom stereocenters. The zero-order chi connectivity index (χ0) is 14.7. The lowest BCUT2D eigenvalue weighted by atomic mass is 10.3. The van der Waals surface area contributed by atoms with E-state index in [1.807, 2.05) is 24.3 Å². The van der Waals surface area contributed by atoms with Gasteiger partial charge in [-0.1, -0.05) is 12.1 Å². The normalized spacial score (nSPS) is 11.8. The number of carbonyl (C=O) groups excluding carboxylic acids is 1. The summed E-state index contributed by atoms with van der Waals surface area (Å²) in [5.74, 6) is 0.410. The van der Waals surface area contributed by atoms with E-state index in [0.717, 1.165) is 11.0 Å². The van der Waals surface area contributed by atoms with Crippen molar-refractivity contribution in [3.63, 3.8) is 0 Å². The number of aromatic nitrogens is 2. The third kappa shape index (κ3) is 2.84. The van der Waals surface area contributed by atoms with Crippen LogP contribution < -0.4 is 5.43 Å². The Balaban J connectivity index is 1.68. The Morgan fingerprint density at radius 1 is 1.33 bits per heavy atom. The number of hydrazone groups is 1. The number of rotatable bonds is 4. The lowest BCUT2D eigenvalue weighted by Gasteiger charge is -2.03. The first-order valence-corrected chi connectivity index (χ1v) is 6.51. The number of furan rings is 1. The Morgan fingerprint density at radius 3 is 3.00 bits per heavy atom. The monoisotopic (exact) mass is 282 g/mol. The van der Waals surface area contributed by atoms with Gasteiger partial charge in [0.2, 0.25) is 0 Å². The smallest absolute Gasteiger partial charge is 0.260 e. The summed E-state index contributed by atoms with van der Waals surface area (Å²) in [6.45, 7) is 1.93. The molecule has 0 bridgehead atoms. The standard InChI is InChI=1S/C15H14N4O2/c1-11(14-7-4-8-21-14)17-18-15(20)9-19-10-16-12-5-2-3-6-13(12)19/h2-8,10H,9H2,1H3,(H,18,20)/b17-11+. The average Bonchev–Trinajstić information content (AvgIpc) is 3.15. The maximum Gasteiger partial charge on any atom is 0.260 e. The molecule has 1 amide bonds. The molecule has 0 unspecified atom stereocenters. The Labute approximate surface area is 121 Å². The van der Waals surface area contributed by atoms with E-state index >= 15 is 0 Å². The second-order valence-electron chi connectivity index (χ2n) is 4.57. The minimum Gasteiger partial charge on any atom is -0.463 e. The van der Waals surface area contributed by atoms with E-state index in [1.54, 1.807) is 36.2 Å². The molecule has 0 saturated carbocycles. The summed E-state index contributed by atoms with van der Waals surface area (Å²) in [5.41, 5.74) is 4.91. The number of hydrogen-bond donors (Lipinski definition) is 1. The van der Waals surface area contributed by atoms with E-state index in [0.29, 0.717) is 11.5 Å². The zero-order valence-electron chi connectivity index (χ0n) is 11.5. The third-order valence-electron chi connectivity index (χ3n) is 3.07. The molecule has 0 aliphatic carbocycles. The molecular formula is C15H14N4O2. The van der Waals surface area contributed by atoms with Crippen LogP contribution in [0.3, 0.4) is 0 Å². The van der Waals surface area contributed by atoms with Crippen molar-refractivity contribution >= 4 is 22.7 Å². The Hall–Kier alpha value is -2.89. The van der Waals surface area contributed by atoms with Crippen LogP contribution in [0.1, 0.15) is 12.7 Å². The number of nitrogens with one attached hydrogen (secondary N) is 1. The molecule has 0 fully saturated rings. The molecule has 21 heavy (non-hydrogen) atoms. The Bertz CT molecular complexity index is 787. The fourth-order valence-electron chi connectivity index (χ4n) is 2.01. The highest BCUT2D eigenvalue weighted by Crippen LogP contribution is 2.11. The van der Waals surface area contributed by atoms with Crippen molar-refractivity contribution in [2.24, 2.45) is 5.10 Å². The molecule has 2 heterocycles. The van der Waals surface area contributed by atoms with Crippen LogP contribution >= 0.6 is 0 Å². The van der Waals surface area contributed by atoms with Gasteiger partial charge in [-0.2, -0.15) is 5.10 Å². The second-order valence-corrected chi connectivity index (χ2v) is 4.57. The number of carbonyl (C=O) groups is 1. The van der Waals surface area contributed by atoms with E-state index in [4.69, 9.17) is 4.42 Å². The summed E-state index contributed by atoms with van der Waals surface area (Å²) in [4.78, 5) is 16.2. The fraction of sp³-hybridized carbons (Fsp3) is 0.133. The van der Waals surface area contributed by atoms with Crippen molar-refractivity contribution in [3.8, 4) is 0 Å². The van der Waals surface area contributed by atoms with Gasteiger partial charge < -0.3 is 8.98 Å². The van der Waals surface area contributed by atoms with Gasteiger partial charge in [0.15, 0.2) is 0 Å². The molecule has 2 aromatic heterocycles. The van der Waals surface area contributed by atoms with E-state index < -0.39 is 0 Å². The first-order chi connectivity index (χ1) is 10.2. The lowest BCUT2D eigenvalue weighted by molar-refractivity contribution is -0.121. The van der Waals surface area contributed by atoms with Gasteiger partial charge in [-0.25, -0.2) is 10.4 Å². The van der Waals surface area contributed by atoms with Crippen LogP contribution in [-0.4, -0.2) is 21.2 Å². The van der Waals surface area contributed by atoms with Crippen LogP contribution in [0.25, 0.3) is 11.0 Å². The van der Waals surface area contributed by atoms with E-state index in [2.05, 4.69) is 15.5 Å². The van der Waals surface area contributed by atoms with Crippen LogP contribution in [-0.2, 0) is 11.3 Å².